The van der Waals surface area contributed by atoms with Gasteiger partial charge in [-0.15, -0.1) is 0 Å². The third-order valence-corrected chi connectivity index (χ3v) is 10.5. The third-order valence-electron chi connectivity index (χ3n) is 10.5. The molecule has 0 fully saturated rings. The number of amides is 2. The lowest BCUT2D eigenvalue weighted by atomic mass is 10.2. The minimum atomic E-state index is -1.65. The molecule has 4 aromatic heterocycles. The van der Waals surface area contributed by atoms with Crippen LogP contribution in [-0.2, 0) is 27.4 Å². The topological polar surface area (TPSA) is 282 Å². The van der Waals surface area contributed by atoms with E-state index in [1.807, 2.05) is 0 Å². The lowest BCUT2D eigenvalue weighted by molar-refractivity contribution is -0.143. The Morgan fingerprint density at radius 3 is 1.34 bits per heavy atom. The molecule has 0 saturated carbocycles. The van der Waals surface area contributed by atoms with Gasteiger partial charge >= 0.3 is 23.3 Å². The molecule has 0 aliphatic carbocycles. The summed E-state index contributed by atoms with van der Waals surface area (Å²) in [7, 11) is 1.11. The van der Waals surface area contributed by atoms with Gasteiger partial charge < -0.3 is 59.0 Å². The Balaban J connectivity index is 0.000000214. The van der Waals surface area contributed by atoms with E-state index < -0.39 is 105 Å². The number of benzene rings is 4. The van der Waals surface area contributed by atoms with Crippen LogP contribution in [0.1, 0.15) is 31.8 Å². The van der Waals surface area contributed by atoms with E-state index in [1.54, 1.807) is 18.2 Å². The van der Waals surface area contributed by atoms with E-state index in [4.69, 9.17) is 14.2 Å². The number of fused-ring (bicyclic) bond motifs is 2. The number of carbonyl (C=O) groups is 4. The molecule has 0 aliphatic rings. The molecule has 73 heavy (non-hydrogen) atoms. The van der Waals surface area contributed by atoms with Crippen LogP contribution in [0.2, 0.25) is 0 Å². The van der Waals surface area contributed by atoms with Crippen LogP contribution in [-0.4, -0.2) is 90.3 Å². The average Bonchev–Trinajstić information content (AvgIpc) is 3.93. The monoisotopic (exact) mass is 1020 g/mol. The van der Waals surface area contributed by atoms with E-state index in [2.05, 4.69) is 30.6 Å². The Bertz CT molecular complexity index is 3630. The number of halogens is 6. The number of aromatic amines is 4. The number of H-pyrrole nitrogens is 4. The van der Waals surface area contributed by atoms with Crippen molar-refractivity contribution in [1.82, 2.24) is 39.7 Å². The highest BCUT2D eigenvalue weighted by Gasteiger charge is 2.26. The molecule has 0 bridgehead atoms. The number of aromatic nitrogens is 6. The first-order chi connectivity index (χ1) is 34.8. The summed E-state index contributed by atoms with van der Waals surface area (Å²) in [6.45, 7) is -1.59. The zero-order chi connectivity index (χ0) is 52.7. The Morgan fingerprint density at radius 2 is 0.945 bits per heavy atom. The van der Waals surface area contributed by atoms with E-state index in [1.165, 1.54) is 48.8 Å². The fourth-order valence-electron chi connectivity index (χ4n) is 6.98. The van der Waals surface area contributed by atoms with Gasteiger partial charge in [0.05, 0.1) is 42.3 Å². The minimum Gasteiger partial charge on any atom is -0.491 e. The SMILES string of the molecule is COC(=O)[C@H](COc1ccc2[nH]c(=O)[nH]c2c1)NC(=O)c1cccn(Cc2cc(F)c(F)c(F)c2)c1=O.O=C(N[C@@H](COc1ccc2[nH]c(=O)[nH]c2c1)C(=O)O)c1cccn(Cc2cc(F)c(F)c(F)c2)c1=O. The molecule has 2 amide bonds. The maximum Gasteiger partial charge on any atom is 0.331 e. The van der Waals surface area contributed by atoms with E-state index in [0.29, 0.717) is 22.1 Å². The number of nitrogens with zero attached hydrogens (tertiary/aromatic N) is 2. The average molecular weight is 1020 g/mol. The first kappa shape index (κ1) is 51.2. The van der Waals surface area contributed by atoms with Crippen LogP contribution in [0.4, 0.5) is 26.3 Å². The molecule has 4 heterocycles. The number of pyridine rings is 2. The number of esters is 1. The van der Waals surface area contributed by atoms with Gasteiger partial charge in [0.1, 0.15) is 35.8 Å². The number of rotatable bonds is 16. The van der Waals surface area contributed by atoms with Crippen LogP contribution in [0.3, 0.4) is 0 Å². The zero-order valence-electron chi connectivity index (χ0n) is 37.3. The number of aliphatic carboxylic acids is 1. The number of carboxylic acids is 1. The van der Waals surface area contributed by atoms with Crippen molar-refractivity contribution in [1.29, 1.82) is 0 Å². The molecular weight excluding hydrogens is 983 g/mol. The molecule has 0 spiro atoms. The number of imidazole rings is 2. The number of carboxylic acid groups (broad SMARTS) is 1. The van der Waals surface area contributed by atoms with Crippen molar-refractivity contribution in [3.8, 4) is 11.5 Å². The Hall–Kier alpha value is -9.62. The maximum absolute atomic E-state index is 13.5. The summed E-state index contributed by atoms with van der Waals surface area (Å²) in [5.41, 5.74) is -1.49. The number of hydrogen-bond donors (Lipinski definition) is 7. The quantitative estimate of drug-likeness (QED) is 0.0416. The van der Waals surface area contributed by atoms with Crippen LogP contribution in [0.15, 0.2) is 117 Å². The highest BCUT2D eigenvalue weighted by molar-refractivity contribution is 5.97. The second-order valence-electron chi connectivity index (χ2n) is 15.6. The van der Waals surface area contributed by atoms with E-state index >= 15 is 0 Å². The zero-order valence-corrected chi connectivity index (χ0v) is 37.3. The standard InChI is InChI=1S/C24H19F3N4O6.C23H17F3N4O6/c1-36-23(34)19(11-37-13-4-5-17-18(9-13)30-24(35)29-17)28-21(32)14-3-2-6-31(22(14)33)10-12-7-15(25)20(27)16(26)8-12;24-14-6-11(7-15(25)19(14)26)9-30-5-1-2-13(21(30)32)20(31)27-18(22(33)34)10-36-12-3-4-16-17(8-12)29-23(35)28-16/h2-9,19H,10-11H2,1H3,(H,28,32)(H2,29,30,35);1-8,18H,9-10H2,(H,27,31)(H,33,34)(H2,28,29,35)/t19-;18-/m00/s1. The molecule has 8 aromatic rings. The minimum absolute atomic E-state index is 0.0439. The van der Waals surface area contributed by atoms with Gasteiger partial charge in [0.15, 0.2) is 47.0 Å². The molecule has 2 atom stereocenters. The van der Waals surface area contributed by atoms with Crippen molar-refractivity contribution in [2.24, 2.45) is 0 Å². The summed E-state index contributed by atoms with van der Waals surface area (Å²) < 4.78 is 98.1. The van der Waals surface area contributed by atoms with Crippen LogP contribution in [0, 0.1) is 34.9 Å². The van der Waals surface area contributed by atoms with Crippen molar-refractivity contribution >= 4 is 45.8 Å². The molecule has 26 heteroatoms. The Labute approximate surface area is 402 Å². The molecule has 0 unspecified atom stereocenters. The highest BCUT2D eigenvalue weighted by atomic mass is 19.2. The molecule has 0 aliphatic heterocycles. The second-order valence-corrected chi connectivity index (χ2v) is 15.6. The van der Waals surface area contributed by atoms with Gasteiger partial charge in [-0.05, 0) is 83.9 Å². The van der Waals surface area contributed by atoms with Crippen LogP contribution in [0.25, 0.3) is 22.1 Å². The third kappa shape index (κ3) is 12.2. The molecule has 4 aromatic carbocycles. The fourth-order valence-corrected chi connectivity index (χ4v) is 6.98. The Morgan fingerprint density at radius 1 is 0.562 bits per heavy atom. The Kier molecular flexibility index (Phi) is 15.4. The van der Waals surface area contributed by atoms with E-state index in [-0.39, 0.29) is 47.9 Å². The van der Waals surface area contributed by atoms with Crippen molar-refractivity contribution in [3.05, 3.63) is 196 Å². The summed E-state index contributed by atoms with van der Waals surface area (Å²) in [5.74, 6) is -12.7. The lowest BCUT2D eigenvalue weighted by Gasteiger charge is -2.17. The smallest absolute Gasteiger partial charge is 0.331 e. The molecular formula is C47H36F6N8O12. The molecule has 7 N–H and O–H groups in total. The predicted octanol–water partition coefficient (Wildman–Crippen LogP) is 3.58. The number of methoxy groups -OCH3 is 1. The summed E-state index contributed by atoms with van der Waals surface area (Å²) >= 11 is 0. The van der Waals surface area contributed by atoms with Gasteiger partial charge in [0.25, 0.3) is 22.9 Å². The predicted molar refractivity (Wildman–Crippen MR) is 243 cm³/mol. The molecule has 378 valence electrons. The van der Waals surface area contributed by atoms with E-state index in [0.717, 1.165) is 46.6 Å². The molecule has 8 rings (SSSR count). The van der Waals surface area contributed by atoms with Gasteiger partial charge in [0.2, 0.25) is 0 Å². The summed E-state index contributed by atoms with van der Waals surface area (Å²) in [6.07, 6.45) is 2.53. The van der Waals surface area contributed by atoms with Gasteiger partial charge in [-0.3, -0.25) is 19.2 Å². The highest BCUT2D eigenvalue weighted by Crippen LogP contribution is 2.20. The van der Waals surface area contributed by atoms with E-state index in [9.17, 15) is 69.8 Å². The largest absolute Gasteiger partial charge is 0.491 e. The number of carbonyl (C=O) groups excluding carboxylic acids is 3. The van der Waals surface area contributed by atoms with Crippen LogP contribution in [0.5, 0.6) is 11.5 Å². The molecule has 0 radical (unpaired) electrons. The summed E-state index contributed by atoms with van der Waals surface area (Å²) in [6, 6.07) is 14.2. The lowest BCUT2D eigenvalue weighted by Crippen LogP contribution is -2.47. The molecule has 20 nitrogen and oxygen atoms in total. The van der Waals surface area contributed by atoms with Gasteiger partial charge in [0, 0.05) is 24.5 Å². The van der Waals surface area contributed by atoms with Gasteiger partial charge in [-0.1, -0.05) is 0 Å². The fraction of sp³-hybridized carbons (Fsp3) is 0.149. The summed E-state index contributed by atoms with van der Waals surface area (Å²) in [5, 5.41) is 14.0. The van der Waals surface area contributed by atoms with Crippen molar-refractivity contribution in [3.63, 3.8) is 0 Å². The number of ether oxygens (including phenoxy) is 3. The normalized spacial score (nSPS) is 11.8. The maximum atomic E-state index is 13.5. The number of nitrogens with one attached hydrogen (secondary N) is 6. The molecule has 0 saturated heterocycles. The van der Waals surface area contributed by atoms with Gasteiger partial charge in [-0.2, -0.15) is 0 Å². The number of hydrogen-bond acceptors (Lipinski definition) is 11. The van der Waals surface area contributed by atoms with Crippen LogP contribution < -0.4 is 42.6 Å². The van der Waals surface area contributed by atoms with Crippen molar-refractivity contribution in [2.75, 3.05) is 20.3 Å². The van der Waals surface area contributed by atoms with Crippen molar-refractivity contribution < 1.29 is 64.8 Å². The first-order valence-corrected chi connectivity index (χ1v) is 21.1. The van der Waals surface area contributed by atoms with Gasteiger partial charge in [-0.25, -0.2) is 45.5 Å². The first-order valence-electron chi connectivity index (χ1n) is 21.1. The van der Waals surface area contributed by atoms with Crippen LogP contribution >= 0.6 is 0 Å². The summed E-state index contributed by atoms with van der Waals surface area (Å²) in [4.78, 5) is 108. The van der Waals surface area contributed by atoms with Crippen molar-refractivity contribution in [2.45, 2.75) is 25.2 Å². The second kappa shape index (κ2) is 22.0.